The van der Waals surface area contributed by atoms with Gasteiger partial charge in [0.05, 0.1) is 5.69 Å². The van der Waals surface area contributed by atoms with Crippen LogP contribution < -0.4 is 5.32 Å². The molecule has 6 nitrogen and oxygen atoms in total. The first kappa shape index (κ1) is 19.5. The van der Waals surface area contributed by atoms with E-state index in [0.29, 0.717) is 18.1 Å². The molecule has 2 heterocycles. The minimum Gasteiger partial charge on any atom is -0.351 e. The first-order chi connectivity index (χ1) is 12.1. The van der Waals surface area contributed by atoms with E-state index in [2.05, 4.69) is 31.1 Å². The van der Waals surface area contributed by atoms with Crippen molar-refractivity contribution in [3.63, 3.8) is 0 Å². The van der Waals surface area contributed by atoms with E-state index in [4.69, 9.17) is 0 Å². The molecule has 1 N–H and O–H groups in total. The highest BCUT2D eigenvalue weighted by Gasteiger charge is 2.29. The van der Waals surface area contributed by atoms with E-state index in [-0.39, 0.29) is 11.8 Å². The third-order valence-electron chi connectivity index (χ3n) is 4.61. The SMILES string of the molecule is CCCCNC(=O)c1nc(C(=O)N(CCC)CCC)n2c1CCCC2. The smallest absolute Gasteiger partial charge is 0.289 e. The van der Waals surface area contributed by atoms with Crippen LogP contribution in [0.4, 0.5) is 0 Å². The summed E-state index contributed by atoms with van der Waals surface area (Å²) in [4.78, 5) is 31.9. The second-order valence-corrected chi connectivity index (χ2v) is 6.74. The maximum Gasteiger partial charge on any atom is 0.289 e. The zero-order chi connectivity index (χ0) is 18.2. The van der Waals surface area contributed by atoms with Crippen molar-refractivity contribution >= 4 is 11.8 Å². The second kappa shape index (κ2) is 9.59. The van der Waals surface area contributed by atoms with Gasteiger partial charge in [-0.1, -0.05) is 27.2 Å². The van der Waals surface area contributed by atoms with Gasteiger partial charge in [-0.25, -0.2) is 4.98 Å². The molecule has 0 saturated carbocycles. The lowest BCUT2D eigenvalue weighted by atomic mass is 10.1. The van der Waals surface area contributed by atoms with Crippen molar-refractivity contribution in [1.29, 1.82) is 0 Å². The Hall–Kier alpha value is -1.85. The largest absolute Gasteiger partial charge is 0.351 e. The molecule has 140 valence electrons. The average Bonchev–Trinajstić information content (AvgIpc) is 3.01. The van der Waals surface area contributed by atoms with Crippen LogP contribution in [0.3, 0.4) is 0 Å². The summed E-state index contributed by atoms with van der Waals surface area (Å²) in [5.41, 5.74) is 1.38. The van der Waals surface area contributed by atoms with Crippen LogP contribution in [-0.2, 0) is 13.0 Å². The molecule has 0 spiro atoms. The zero-order valence-electron chi connectivity index (χ0n) is 15.9. The molecule has 2 amide bonds. The van der Waals surface area contributed by atoms with E-state index in [1.165, 1.54) is 0 Å². The molecule has 0 aromatic carbocycles. The summed E-state index contributed by atoms with van der Waals surface area (Å²) >= 11 is 0. The summed E-state index contributed by atoms with van der Waals surface area (Å²) in [6.45, 7) is 9.13. The topological polar surface area (TPSA) is 67.2 Å². The van der Waals surface area contributed by atoms with Crippen LogP contribution in [0.2, 0.25) is 0 Å². The Kier molecular flexibility index (Phi) is 7.47. The Morgan fingerprint density at radius 2 is 1.84 bits per heavy atom. The van der Waals surface area contributed by atoms with Gasteiger partial charge in [0.25, 0.3) is 11.8 Å². The van der Waals surface area contributed by atoms with Gasteiger partial charge >= 0.3 is 0 Å². The number of nitrogens with one attached hydrogen (secondary N) is 1. The Labute approximate surface area is 151 Å². The lowest BCUT2D eigenvalue weighted by Gasteiger charge is -2.23. The molecule has 1 aromatic heterocycles. The van der Waals surface area contributed by atoms with Crippen molar-refractivity contribution in [3.05, 3.63) is 17.2 Å². The number of amides is 2. The second-order valence-electron chi connectivity index (χ2n) is 6.74. The van der Waals surface area contributed by atoms with Gasteiger partial charge in [0.1, 0.15) is 5.69 Å². The molecule has 0 saturated heterocycles. The van der Waals surface area contributed by atoms with Gasteiger partial charge in [-0.15, -0.1) is 0 Å². The molecule has 0 bridgehead atoms. The lowest BCUT2D eigenvalue weighted by Crippen LogP contribution is -2.35. The summed E-state index contributed by atoms with van der Waals surface area (Å²) in [5.74, 6) is 0.257. The average molecular weight is 348 g/mol. The van der Waals surface area contributed by atoms with Crippen molar-refractivity contribution in [1.82, 2.24) is 19.8 Å². The molecule has 1 aromatic rings. The zero-order valence-corrected chi connectivity index (χ0v) is 15.9. The number of nitrogens with zero attached hydrogens (tertiary/aromatic N) is 3. The third kappa shape index (κ3) is 4.61. The Bertz CT molecular complexity index is 588. The predicted molar refractivity (Wildman–Crippen MR) is 98.9 cm³/mol. The van der Waals surface area contributed by atoms with Gasteiger partial charge in [-0.3, -0.25) is 9.59 Å². The maximum absolute atomic E-state index is 13.0. The van der Waals surface area contributed by atoms with Gasteiger partial charge in [-0.2, -0.15) is 0 Å². The molecular weight excluding hydrogens is 316 g/mol. The monoisotopic (exact) mass is 348 g/mol. The lowest BCUT2D eigenvalue weighted by molar-refractivity contribution is 0.0737. The predicted octanol–water partition coefficient (Wildman–Crippen LogP) is 3.01. The molecule has 1 aliphatic rings. The van der Waals surface area contributed by atoms with Crippen LogP contribution in [-0.4, -0.2) is 45.9 Å². The third-order valence-corrected chi connectivity index (χ3v) is 4.61. The molecule has 0 fully saturated rings. The van der Waals surface area contributed by atoms with E-state index >= 15 is 0 Å². The summed E-state index contributed by atoms with van der Waals surface area (Å²) in [5, 5.41) is 2.94. The van der Waals surface area contributed by atoms with Gasteiger partial charge in [0.15, 0.2) is 5.82 Å². The fraction of sp³-hybridized carbons (Fsp3) is 0.737. The van der Waals surface area contributed by atoms with Crippen LogP contribution in [0.5, 0.6) is 0 Å². The number of hydrogen-bond donors (Lipinski definition) is 1. The number of fused-ring (bicyclic) bond motifs is 1. The number of aromatic nitrogens is 2. The van der Waals surface area contributed by atoms with Crippen molar-refractivity contribution < 1.29 is 9.59 Å². The molecule has 2 rings (SSSR count). The minimum atomic E-state index is -0.143. The number of hydrogen-bond acceptors (Lipinski definition) is 3. The van der Waals surface area contributed by atoms with E-state index in [9.17, 15) is 9.59 Å². The highest BCUT2D eigenvalue weighted by atomic mass is 16.2. The fourth-order valence-electron chi connectivity index (χ4n) is 3.35. The van der Waals surface area contributed by atoms with Crippen molar-refractivity contribution in [2.45, 2.75) is 72.3 Å². The molecular formula is C19H32N4O2. The normalized spacial score (nSPS) is 13.4. The molecule has 0 atom stereocenters. The standard InChI is InChI=1S/C19H32N4O2/c1-4-7-11-20-18(24)16-15-10-8-9-14-23(15)17(21-16)19(25)22(12-5-2)13-6-3/h4-14H2,1-3H3,(H,20,24). The number of unbranched alkanes of at least 4 members (excludes halogenated alkanes) is 1. The van der Waals surface area contributed by atoms with E-state index in [1.807, 2.05) is 9.47 Å². The first-order valence-corrected chi connectivity index (χ1v) is 9.80. The molecule has 25 heavy (non-hydrogen) atoms. The van der Waals surface area contributed by atoms with Gasteiger partial charge in [0.2, 0.25) is 0 Å². The summed E-state index contributed by atoms with van der Waals surface area (Å²) in [6.07, 6.45) is 6.72. The van der Waals surface area contributed by atoms with Crippen LogP contribution >= 0.6 is 0 Å². The van der Waals surface area contributed by atoms with Crippen LogP contribution in [0.15, 0.2) is 0 Å². The number of carbonyl (C=O) groups excluding carboxylic acids is 2. The van der Waals surface area contributed by atoms with E-state index in [1.54, 1.807) is 0 Å². The maximum atomic E-state index is 13.0. The van der Waals surface area contributed by atoms with Crippen LogP contribution in [0.25, 0.3) is 0 Å². The Balaban J connectivity index is 2.29. The van der Waals surface area contributed by atoms with Crippen molar-refractivity contribution in [2.75, 3.05) is 19.6 Å². The van der Waals surface area contributed by atoms with Crippen molar-refractivity contribution in [3.8, 4) is 0 Å². The van der Waals surface area contributed by atoms with Gasteiger partial charge in [0, 0.05) is 26.2 Å². The quantitative estimate of drug-likeness (QED) is 0.698. The van der Waals surface area contributed by atoms with E-state index in [0.717, 1.165) is 70.3 Å². The molecule has 6 heteroatoms. The van der Waals surface area contributed by atoms with Gasteiger partial charge < -0.3 is 14.8 Å². The van der Waals surface area contributed by atoms with Crippen LogP contribution in [0.1, 0.15) is 86.1 Å². The number of imidazole rings is 1. The van der Waals surface area contributed by atoms with Crippen LogP contribution in [0, 0.1) is 0 Å². The van der Waals surface area contributed by atoms with Gasteiger partial charge in [-0.05, 0) is 38.5 Å². The highest BCUT2D eigenvalue weighted by Crippen LogP contribution is 2.22. The molecule has 0 aliphatic carbocycles. The molecule has 0 unspecified atom stereocenters. The molecule has 0 radical (unpaired) electrons. The Morgan fingerprint density at radius 3 is 2.48 bits per heavy atom. The minimum absolute atomic E-state index is 0.0422. The summed E-state index contributed by atoms with van der Waals surface area (Å²) in [7, 11) is 0. The Morgan fingerprint density at radius 1 is 1.12 bits per heavy atom. The molecule has 1 aliphatic heterocycles. The summed E-state index contributed by atoms with van der Waals surface area (Å²) in [6, 6.07) is 0. The fourth-order valence-corrected chi connectivity index (χ4v) is 3.35. The van der Waals surface area contributed by atoms with E-state index < -0.39 is 0 Å². The number of carbonyl (C=O) groups is 2. The first-order valence-electron chi connectivity index (χ1n) is 9.80. The summed E-state index contributed by atoms with van der Waals surface area (Å²) < 4.78 is 1.99. The number of rotatable bonds is 9. The highest BCUT2D eigenvalue weighted by molar-refractivity contribution is 5.97. The van der Waals surface area contributed by atoms with Crippen molar-refractivity contribution in [2.24, 2.45) is 0 Å².